The van der Waals surface area contributed by atoms with Crippen molar-refractivity contribution in [2.75, 3.05) is 31.1 Å². The lowest BCUT2D eigenvalue weighted by molar-refractivity contribution is -0.136. The maximum atomic E-state index is 13.0. The Labute approximate surface area is 219 Å². The molecule has 2 aromatic heterocycles. The van der Waals surface area contributed by atoms with Gasteiger partial charge in [-0.3, -0.25) is 19.0 Å². The van der Waals surface area contributed by atoms with Gasteiger partial charge < -0.3 is 14.9 Å². The van der Waals surface area contributed by atoms with Crippen LogP contribution in [0.3, 0.4) is 0 Å². The van der Waals surface area contributed by atoms with E-state index in [2.05, 4.69) is 9.97 Å². The van der Waals surface area contributed by atoms with Crippen LogP contribution in [0.25, 0.3) is 22.0 Å². The largest absolute Gasteiger partial charge is 0.387 e. The first-order chi connectivity index (χ1) is 17.8. The minimum Gasteiger partial charge on any atom is -0.387 e. The lowest BCUT2D eigenvalue weighted by Gasteiger charge is -2.39. The number of aromatic nitrogens is 4. The zero-order valence-electron chi connectivity index (χ0n) is 21.1. The molecule has 1 aliphatic heterocycles. The number of amides is 1. The van der Waals surface area contributed by atoms with Gasteiger partial charge in [0.1, 0.15) is 6.61 Å². The van der Waals surface area contributed by atoms with Crippen molar-refractivity contribution in [3.8, 4) is 11.1 Å². The summed E-state index contributed by atoms with van der Waals surface area (Å²) in [7, 11) is 1.77. The second-order valence-electron chi connectivity index (χ2n) is 9.42. The van der Waals surface area contributed by atoms with Crippen LogP contribution in [-0.4, -0.2) is 67.5 Å². The van der Waals surface area contributed by atoms with E-state index in [0.717, 1.165) is 27.8 Å². The highest BCUT2D eigenvalue weighted by molar-refractivity contribution is 6.31. The van der Waals surface area contributed by atoms with E-state index in [4.69, 9.17) is 11.6 Å². The highest BCUT2D eigenvalue weighted by atomic mass is 35.5. The average molecular weight is 521 g/mol. The molecule has 0 bridgehead atoms. The zero-order chi connectivity index (χ0) is 26.3. The van der Waals surface area contributed by atoms with Gasteiger partial charge in [0.05, 0.1) is 17.4 Å². The molecule has 1 saturated heterocycles. The van der Waals surface area contributed by atoms with Crippen LogP contribution >= 0.6 is 11.6 Å². The molecule has 3 heterocycles. The number of carbonyl (C=O) groups is 1. The molecule has 10 heteroatoms. The van der Waals surface area contributed by atoms with Crippen LogP contribution in [0.15, 0.2) is 53.6 Å². The van der Waals surface area contributed by atoms with E-state index >= 15 is 0 Å². The van der Waals surface area contributed by atoms with E-state index in [1.54, 1.807) is 29.0 Å². The number of aryl methyl sites for hydroxylation is 1. The van der Waals surface area contributed by atoms with Crippen LogP contribution in [0.1, 0.15) is 18.1 Å². The van der Waals surface area contributed by atoms with Gasteiger partial charge in [0.25, 0.3) is 5.56 Å². The summed E-state index contributed by atoms with van der Waals surface area (Å²) in [6.07, 6.45) is 3.59. The maximum absolute atomic E-state index is 13.0. The van der Waals surface area contributed by atoms with Gasteiger partial charge in [0.2, 0.25) is 11.9 Å². The minimum atomic E-state index is -0.479. The van der Waals surface area contributed by atoms with Crippen LogP contribution in [0.4, 0.5) is 5.95 Å². The van der Waals surface area contributed by atoms with E-state index in [1.165, 1.54) is 0 Å². The Kier molecular flexibility index (Phi) is 6.74. The number of anilines is 1. The minimum absolute atomic E-state index is 0.0470. The van der Waals surface area contributed by atoms with Crippen molar-refractivity contribution < 1.29 is 9.90 Å². The highest BCUT2D eigenvalue weighted by Crippen LogP contribution is 2.30. The first-order valence-corrected chi connectivity index (χ1v) is 12.6. The number of aliphatic hydroxyl groups excluding tert-OH is 1. The van der Waals surface area contributed by atoms with Crippen LogP contribution in [-0.2, 0) is 18.4 Å². The monoisotopic (exact) mass is 520 g/mol. The van der Waals surface area contributed by atoms with Gasteiger partial charge in [0.15, 0.2) is 0 Å². The van der Waals surface area contributed by atoms with E-state index in [1.807, 2.05) is 59.8 Å². The molecule has 2 aromatic carbocycles. The Hall–Kier alpha value is -3.69. The summed E-state index contributed by atoms with van der Waals surface area (Å²) in [5.74, 6) is 0.337. The fourth-order valence-electron chi connectivity index (χ4n) is 5.15. The number of benzene rings is 2. The molecule has 0 radical (unpaired) electrons. The summed E-state index contributed by atoms with van der Waals surface area (Å²) in [4.78, 5) is 37.9. The number of piperazine rings is 1. The van der Waals surface area contributed by atoms with Gasteiger partial charge in [-0.15, -0.1) is 0 Å². The van der Waals surface area contributed by atoms with Gasteiger partial charge >= 0.3 is 0 Å². The quantitative estimate of drug-likeness (QED) is 0.435. The number of rotatable bonds is 5. The number of nitrogens with zero attached hydrogens (tertiary/aromatic N) is 6. The van der Waals surface area contributed by atoms with Crippen LogP contribution in [0.2, 0.25) is 5.02 Å². The number of carbonyl (C=O) groups excluding carboxylic acids is 1. The second-order valence-corrected chi connectivity index (χ2v) is 9.83. The topological polar surface area (TPSA) is 96.5 Å². The molecule has 1 fully saturated rings. The van der Waals surface area contributed by atoms with E-state index in [9.17, 15) is 14.7 Å². The predicted octanol–water partition coefficient (Wildman–Crippen LogP) is 2.84. The summed E-state index contributed by atoms with van der Waals surface area (Å²) >= 11 is 6.42. The molecule has 1 atom stereocenters. The fourth-order valence-corrected chi connectivity index (χ4v) is 5.34. The molecule has 1 amide bonds. The molecule has 37 heavy (non-hydrogen) atoms. The number of fused-ring (bicyclic) bond motifs is 1. The SMILES string of the molecule is Cc1c(-c2cnc(N3CCN(C(=O)CO)[C@H](C)C3)nc2)ccc2c(=O)n(C)n(Cc3ccccc3Cl)c12. The van der Waals surface area contributed by atoms with Gasteiger partial charge in [-0.05, 0) is 42.7 Å². The first-order valence-electron chi connectivity index (χ1n) is 12.2. The Morgan fingerprint density at radius 2 is 1.86 bits per heavy atom. The molecule has 5 rings (SSSR count). The Morgan fingerprint density at radius 3 is 2.54 bits per heavy atom. The third kappa shape index (κ3) is 4.49. The van der Waals surface area contributed by atoms with Crippen molar-refractivity contribution in [1.29, 1.82) is 0 Å². The van der Waals surface area contributed by atoms with E-state index in [0.29, 0.717) is 42.5 Å². The molecule has 192 valence electrons. The second kappa shape index (κ2) is 9.99. The third-order valence-corrected chi connectivity index (χ3v) is 7.54. The molecule has 0 spiro atoms. The summed E-state index contributed by atoms with van der Waals surface area (Å²) in [6, 6.07) is 11.4. The van der Waals surface area contributed by atoms with Crippen LogP contribution < -0.4 is 10.5 Å². The molecule has 0 aliphatic carbocycles. The molecule has 1 aliphatic rings. The Morgan fingerprint density at radius 1 is 1.14 bits per heavy atom. The smallest absolute Gasteiger partial charge is 0.274 e. The lowest BCUT2D eigenvalue weighted by Crippen LogP contribution is -2.55. The van der Waals surface area contributed by atoms with E-state index < -0.39 is 6.61 Å². The van der Waals surface area contributed by atoms with Gasteiger partial charge in [-0.25, -0.2) is 9.97 Å². The number of hydrogen-bond donors (Lipinski definition) is 1. The lowest BCUT2D eigenvalue weighted by atomic mass is 10.0. The molecule has 4 aromatic rings. The molecule has 1 N–H and O–H groups in total. The predicted molar refractivity (Wildman–Crippen MR) is 144 cm³/mol. The summed E-state index contributed by atoms with van der Waals surface area (Å²) in [5, 5.41) is 10.5. The average Bonchev–Trinajstić information content (AvgIpc) is 3.15. The molecule has 0 saturated carbocycles. The molecular formula is C27H29ClN6O3. The summed E-state index contributed by atoms with van der Waals surface area (Å²) < 4.78 is 3.59. The fraction of sp³-hybridized carbons (Fsp3) is 0.333. The summed E-state index contributed by atoms with van der Waals surface area (Å²) in [6.45, 7) is 5.65. The molecular weight excluding hydrogens is 492 g/mol. The van der Waals surface area contributed by atoms with Crippen molar-refractivity contribution in [2.24, 2.45) is 7.05 Å². The normalized spacial score (nSPS) is 16.0. The van der Waals surface area contributed by atoms with Crippen molar-refractivity contribution in [2.45, 2.75) is 26.4 Å². The van der Waals surface area contributed by atoms with Crippen molar-refractivity contribution in [1.82, 2.24) is 24.2 Å². The highest BCUT2D eigenvalue weighted by Gasteiger charge is 2.28. The van der Waals surface area contributed by atoms with Crippen LogP contribution in [0, 0.1) is 6.92 Å². The standard InChI is InChI=1S/C27H29ClN6O3/c1-17-14-32(10-11-33(17)24(36)16-35)27-29-12-20(13-30-27)21-8-9-22-25(18(21)2)34(31(3)26(22)37)15-19-6-4-5-7-23(19)28/h4-9,12-13,17,35H,10-11,14-16H2,1-3H3/t17-/m1/s1. The number of aliphatic hydroxyl groups is 1. The zero-order valence-corrected chi connectivity index (χ0v) is 21.8. The maximum Gasteiger partial charge on any atom is 0.274 e. The van der Waals surface area contributed by atoms with E-state index in [-0.39, 0.29) is 17.5 Å². The first kappa shape index (κ1) is 25.0. The summed E-state index contributed by atoms with van der Waals surface area (Å²) in [5.41, 5.74) is 4.49. The van der Waals surface area contributed by atoms with Crippen molar-refractivity contribution in [3.63, 3.8) is 0 Å². The third-order valence-electron chi connectivity index (χ3n) is 7.17. The van der Waals surface area contributed by atoms with Gasteiger partial charge in [0, 0.05) is 55.7 Å². The Bertz CT molecular complexity index is 1530. The number of halogens is 1. The molecule has 0 unspecified atom stereocenters. The van der Waals surface area contributed by atoms with Crippen LogP contribution in [0.5, 0.6) is 0 Å². The van der Waals surface area contributed by atoms with Crippen molar-refractivity contribution in [3.05, 3.63) is 75.3 Å². The van der Waals surface area contributed by atoms with Gasteiger partial charge in [-0.1, -0.05) is 35.9 Å². The van der Waals surface area contributed by atoms with Crippen molar-refractivity contribution >= 4 is 34.4 Å². The van der Waals surface area contributed by atoms with Gasteiger partial charge in [-0.2, -0.15) is 0 Å². The number of hydrogen-bond acceptors (Lipinski definition) is 6. The molecule has 9 nitrogen and oxygen atoms in total. The Balaban J connectivity index is 1.46.